The Morgan fingerprint density at radius 1 is 0.941 bits per heavy atom. The highest BCUT2D eigenvalue weighted by Gasteiger charge is 2.44. The van der Waals surface area contributed by atoms with Gasteiger partial charge in [-0.05, 0) is 32.7 Å². The van der Waals surface area contributed by atoms with Gasteiger partial charge in [-0.1, -0.05) is 20.8 Å². The van der Waals surface area contributed by atoms with Gasteiger partial charge in [0.2, 0.25) is 0 Å². The highest BCUT2D eigenvalue weighted by atomic mass is 28.4. The minimum atomic E-state index is -2.16. The van der Waals surface area contributed by atoms with E-state index in [4.69, 9.17) is 13.6 Å². The van der Waals surface area contributed by atoms with Crippen molar-refractivity contribution in [1.29, 1.82) is 0 Å². The van der Waals surface area contributed by atoms with Crippen molar-refractivity contribution in [3.05, 3.63) is 0 Å². The normalized spacial score (nSPS) is 13.2. The molecule has 0 radical (unpaired) electrons. The lowest BCUT2D eigenvalue weighted by atomic mass is 10.5. The summed E-state index contributed by atoms with van der Waals surface area (Å²) < 4.78 is 17.8. The predicted octanol–water partition coefficient (Wildman–Crippen LogP) is 2.44. The topological polar surface area (TPSA) is 59.2 Å². The molecule has 0 heterocycles. The third-order valence-electron chi connectivity index (χ3n) is 2.65. The molecule has 0 aromatic heterocycles. The van der Waals surface area contributed by atoms with E-state index in [2.05, 4.69) is 20.8 Å². The maximum atomic E-state index is 5.96. The first-order valence-corrected chi connectivity index (χ1v) is 8.70. The molecule has 0 saturated heterocycles. The van der Waals surface area contributed by atoms with Crippen molar-refractivity contribution in [3.8, 4) is 0 Å². The molecule has 106 valence electrons. The highest BCUT2D eigenvalue weighted by Crippen LogP contribution is 2.23. The summed E-state index contributed by atoms with van der Waals surface area (Å²) in [7, 11) is -2.16. The van der Waals surface area contributed by atoms with Gasteiger partial charge in [0.1, 0.15) is 5.73 Å². The van der Waals surface area contributed by atoms with Crippen LogP contribution in [0.4, 0.5) is 0 Å². The molecule has 5 heteroatoms. The van der Waals surface area contributed by atoms with Crippen LogP contribution in [-0.2, 0) is 13.6 Å². The van der Waals surface area contributed by atoms with Crippen molar-refractivity contribution in [2.45, 2.75) is 59.2 Å². The molecule has 0 aromatic carbocycles. The van der Waals surface area contributed by atoms with Gasteiger partial charge in [-0.15, -0.1) is 0 Å². The molecule has 0 aromatic rings. The Bertz CT molecular complexity index is 161. The molecular weight excluding hydrogens is 236 g/mol. The molecule has 2 N–H and O–H groups in total. The van der Waals surface area contributed by atoms with Gasteiger partial charge in [0.05, 0.1) is 0 Å². The average Bonchev–Trinajstić information content (AvgIpc) is 2.30. The van der Waals surface area contributed by atoms with Gasteiger partial charge in [-0.2, -0.15) is 0 Å². The Kier molecular flexibility index (Phi) is 12.7. The summed E-state index contributed by atoms with van der Waals surface area (Å²) in [5, 5.41) is 0. The molecule has 0 spiro atoms. The molecule has 0 fully saturated rings. The maximum absolute atomic E-state index is 5.96. The Balaban J connectivity index is 0. The Labute approximate surface area is 107 Å². The van der Waals surface area contributed by atoms with Crippen molar-refractivity contribution < 1.29 is 19.1 Å². The Morgan fingerprint density at radius 3 is 1.76 bits per heavy atom. The second-order valence-corrected chi connectivity index (χ2v) is 7.35. The summed E-state index contributed by atoms with van der Waals surface area (Å²) in [4.78, 5) is 0. The van der Waals surface area contributed by atoms with Crippen molar-refractivity contribution in [2.24, 2.45) is 0 Å². The fraction of sp³-hybridized carbons (Fsp3) is 1.00. The molecular formula is C12H30O4Si. The first kappa shape index (κ1) is 19.4. The first-order valence-electron chi connectivity index (χ1n) is 6.60. The Morgan fingerprint density at radius 2 is 1.47 bits per heavy atom. The second-order valence-electron chi connectivity index (χ2n) is 3.80. The van der Waals surface area contributed by atoms with Crippen molar-refractivity contribution in [1.82, 2.24) is 0 Å². The van der Waals surface area contributed by atoms with Crippen LogP contribution in [-0.4, -0.2) is 39.6 Å². The van der Waals surface area contributed by atoms with Crippen LogP contribution in [0.2, 0.25) is 6.04 Å². The second kappa shape index (κ2) is 11.2. The fourth-order valence-electron chi connectivity index (χ4n) is 1.96. The number of hydrogen-bond donors (Lipinski definition) is 0. The summed E-state index contributed by atoms with van der Waals surface area (Å²) in [6, 6.07) is 0.955. The van der Waals surface area contributed by atoms with Gasteiger partial charge in [0.15, 0.2) is 0 Å². The van der Waals surface area contributed by atoms with Gasteiger partial charge >= 0.3 is 8.56 Å². The zero-order chi connectivity index (χ0) is 12.4. The lowest BCUT2D eigenvalue weighted by Gasteiger charge is -2.35. The summed E-state index contributed by atoms with van der Waals surface area (Å²) in [5.41, 5.74) is 0.164. The lowest BCUT2D eigenvalue weighted by molar-refractivity contribution is 0.0447. The van der Waals surface area contributed by atoms with Crippen LogP contribution in [0.1, 0.15) is 47.5 Å². The summed E-state index contributed by atoms with van der Waals surface area (Å²) in [5.74, 6) is 0. The van der Waals surface area contributed by atoms with E-state index >= 15 is 0 Å². The minimum absolute atomic E-state index is 0. The van der Waals surface area contributed by atoms with Crippen LogP contribution >= 0.6 is 0 Å². The first-order chi connectivity index (χ1) is 7.70. The molecule has 1 unspecified atom stereocenters. The molecule has 0 aliphatic carbocycles. The van der Waals surface area contributed by atoms with Crippen LogP contribution in [0.15, 0.2) is 0 Å². The molecule has 17 heavy (non-hydrogen) atoms. The van der Waals surface area contributed by atoms with Crippen LogP contribution < -0.4 is 0 Å². The number of ether oxygens (including phenoxy) is 1. The van der Waals surface area contributed by atoms with Gasteiger partial charge in [0, 0.05) is 19.8 Å². The van der Waals surface area contributed by atoms with Gasteiger partial charge in [-0.25, -0.2) is 0 Å². The molecule has 0 saturated carbocycles. The molecule has 0 amide bonds. The molecule has 0 aliphatic rings. The van der Waals surface area contributed by atoms with Crippen molar-refractivity contribution in [3.63, 3.8) is 0 Å². The summed E-state index contributed by atoms with van der Waals surface area (Å²) in [6.07, 6.45) is 2.02. The molecule has 0 aliphatic heterocycles. The summed E-state index contributed by atoms with van der Waals surface area (Å²) in [6.45, 7) is 12.7. The SMILES string of the molecule is CCCOC(CC)[Si](CC)(OCC)OCC.O. The monoisotopic (exact) mass is 266 g/mol. The maximum Gasteiger partial charge on any atom is 0.367 e. The van der Waals surface area contributed by atoms with Crippen LogP contribution in [0.5, 0.6) is 0 Å². The fourth-order valence-corrected chi connectivity index (χ4v) is 5.25. The standard InChI is InChI=1S/C12H28O3Si.H2O/c1-6-11-13-12(7-2)16(10-5,14-8-3)15-9-4;/h12H,6-11H2,1-5H3;1H2. The van der Waals surface area contributed by atoms with E-state index in [9.17, 15) is 0 Å². The van der Waals surface area contributed by atoms with Crippen LogP contribution in [0.25, 0.3) is 0 Å². The molecule has 1 atom stereocenters. The van der Waals surface area contributed by atoms with E-state index in [1.807, 2.05) is 13.8 Å². The third-order valence-corrected chi connectivity index (χ3v) is 6.75. The van der Waals surface area contributed by atoms with Gasteiger partial charge < -0.3 is 19.1 Å². The zero-order valence-electron chi connectivity index (χ0n) is 12.0. The number of hydrogen-bond acceptors (Lipinski definition) is 3. The molecule has 0 rings (SSSR count). The van der Waals surface area contributed by atoms with Crippen molar-refractivity contribution in [2.75, 3.05) is 19.8 Å². The lowest BCUT2D eigenvalue weighted by Crippen LogP contribution is -2.54. The average molecular weight is 266 g/mol. The van der Waals surface area contributed by atoms with E-state index < -0.39 is 8.56 Å². The van der Waals surface area contributed by atoms with E-state index in [0.717, 1.165) is 25.5 Å². The van der Waals surface area contributed by atoms with E-state index in [-0.39, 0.29) is 11.2 Å². The number of rotatable bonds is 10. The van der Waals surface area contributed by atoms with Gasteiger partial charge in [0.25, 0.3) is 0 Å². The van der Waals surface area contributed by atoms with Crippen LogP contribution in [0, 0.1) is 0 Å². The minimum Gasteiger partial charge on any atom is -0.412 e. The van der Waals surface area contributed by atoms with E-state index in [1.54, 1.807) is 0 Å². The highest BCUT2D eigenvalue weighted by molar-refractivity contribution is 6.68. The predicted molar refractivity (Wildman–Crippen MR) is 73.4 cm³/mol. The quantitative estimate of drug-likeness (QED) is 0.571. The van der Waals surface area contributed by atoms with Gasteiger partial charge in [-0.3, -0.25) is 0 Å². The molecule has 4 nitrogen and oxygen atoms in total. The van der Waals surface area contributed by atoms with E-state index in [1.165, 1.54) is 0 Å². The van der Waals surface area contributed by atoms with Crippen LogP contribution in [0.3, 0.4) is 0 Å². The summed E-state index contributed by atoms with van der Waals surface area (Å²) >= 11 is 0. The third kappa shape index (κ3) is 5.97. The largest absolute Gasteiger partial charge is 0.412 e. The molecule has 0 bridgehead atoms. The van der Waals surface area contributed by atoms with Crippen molar-refractivity contribution >= 4 is 8.56 Å². The van der Waals surface area contributed by atoms with E-state index in [0.29, 0.717) is 13.2 Å². The Hall–Kier alpha value is 0.0569. The zero-order valence-corrected chi connectivity index (χ0v) is 13.0. The smallest absolute Gasteiger partial charge is 0.367 e.